The van der Waals surface area contributed by atoms with Crippen molar-refractivity contribution in [1.29, 1.82) is 0 Å². The normalized spacial score (nSPS) is 10.4. The molecule has 2 rings (SSSR count). The van der Waals surface area contributed by atoms with Crippen molar-refractivity contribution in [1.82, 2.24) is 9.78 Å². The molecule has 1 heterocycles. The van der Waals surface area contributed by atoms with Crippen LogP contribution in [-0.2, 0) is 6.42 Å². The Morgan fingerprint density at radius 1 is 1.50 bits per heavy atom. The van der Waals surface area contributed by atoms with Crippen molar-refractivity contribution >= 4 is 6.29 Å². The van der Waals surface area contributed by atoms with Crippen molar-refractivity contribution in [3.63, 3.8) is 0 Å². The number of benzene rings is 1. The molecule has 0 saturated heterocycles. The molecule has 1 aromatic carbocycles. The number of aromatic nitrogens is 2. The highest BCUT2D eigenvalue weighted by atomic mass is 19.1. The first-order valence-corrected chi connectivity index (χ1v) is 5.04. The molecule has 1 aromatic heterocycles. The number of nitrogens with zero attached hydrogens (tertiary/aromatic N) is 2. The van der Waals surface area contributed by atoms with E-state index in [1.807, 2.05) is 6.92 Å². The number of aryl methyl sites for hydroxylation is 1. The lowest BCUT2D eigenvalue weighted by Gasteiger charge is -2.04. The molecular formula is C12H11FN2O. The zero-order chi connectivity index (χ0) is 11.5. The van der Waals surface area contributed by atoms with Crippen LogP contribution in [0.3, 0.4) is 0 Å². The number of rotatable bonds is 3. The summed E-state index contributed by atoms with van der Waals surface area (Å²) in [6, 6.07) is 4.49. The van der Waals surface area contributed by atoms with E-state index in [1.165, 1.54) is 10.7 Å². The maximum atomic E-state index is 13.4. The molecule has 2 aromatic rings. The number of carbonyl (C=O) groups excluding carboxylic acids is 1. The molecule has 0 spiro atoms. The minimum Gasteiger partial charge on any atom is -0.298 e. The minimum absolute atomic E-state index is 0.0354. The Morgan fingerprint density at radius 2 is 2.31 bits per heavy atom. The van der Waals surface area contributed by atoms with Crippen molar-refractivity contribution < 1.29 is 9.18 Å². The third kappa shape index (κ3) is 1.74. The van der Waals surface area contributed by atoms with Crippen LogP contribution in [0.15, 0.2) is 30.6 Å². The second-order valence-corrected chi connectivity index (χ2v) is 3.44. The Hall–Kier alpha value is -1.97. The summed E-state index contributed by atoms with van der Waals surface area (Å²) < 4.78 is 14.9. The average molecular weight is 218 g/mol. The Kier molecular flexibility index (Phi) is 2.81. The Balaban J connectivity index is 2.54. The summed E-state index contributed by atoms with van der Waals surface area (Å²) >= 11 is 0. The Labute approximate surface area is 92.5 Å². The van der Waals surface area contributed by atoms with Crippen LogP contribution in [0.25, 0.3) is 5.69 Å². The van der Waals surface area contributed by atoms with Crippen LogP contribution < -0.4 is 0 Å². The van der Waals surface area contributed by atoms with E-state index in [0.717, 1.165) is 12.0 Å². The van der Waals surface area contributed by atoms with Gasteiger partial charge < -0.3 is 0 Å². The second-order valence-electron chi connectivity index (χ2n) is 3.44. The summed E-state index contributed by atoms with van der Waals surface area (Å²) in [5.74, 6) is -0.527. The van der Waals surface area contributed by atoms with E-state index in [2.05, 4.69) is 5.10 Å². The predicted octanol–water partition coefficient (Wildman–Crippen LogP) is 2.39. The van der Waals surface area contributed by atoms with Crippen molar-refractivity contribution in [2.24, 2.45) is 0 Å². The highest BCUT2D eigenvalue weighted by Crippen LogP contribution is 2.16. The quantitative estimate of drug-likeness (QED) is 0.741. The van der Waals surface area contributed by atoms with Gasteiger partial charge in [-0.25, -0.2) is 9.07 Å². The third-order valence-corrected chi connectivity index (χ3v) is 2.44. The second kappa shape index (κ2) is 4.26. The van der Waals surface area contributed by atoms with Gasteiger partial charge in [0.2, 0.25) is 0 Å². The number of aldehydes is 1. The molecule has 16 heavy (non-hydrogen) atoms. The molecule has 0 atom stereocenters. The maximum Gasteiger partial charge on any atom is 0.155 e. The molecule has 0 aliphatic heterocycles. The molecule has 0 aliphatic carbocycles. The van der Waals surface area contributed by atoms with Gasteiger partial charge in [0.1, 0.15) is 5.82 Å². The fourth-order valence-electron chi connectivity index (χ4n) is 1.52. The Bertz CT molecular complexity index is 519. The molecule has 0 unspecified atom stereocenters. The third-order valence-electron chi connectivity index (χ3n) is 2.44. The summed E-state index contributed by atoms with van der Waals surface area (Å²) in [5, 5.41) is 4.10. The molecule has 4 heteroatoms. The smallest absolute Gasteiger partial charge is 0.155 e. The fraction of sp³-hybridized carbons (Fsp3) is 0.167. The number of hydrogen-bond acceptors (Lipinski definition) is 2. The van der Waals surface area contributed by atoms with Gasteiger partial charge >= 0.3 is 0 Å². The summed E-state index contributed by atoms with van der Waals surface area (Å²) in [4.78, 5) is 10.8. The van der Waals surface area contributed by atoms with Gasteiger partial charge in [0, 0.05) is 6.20 Å². The van der Waals surface area contributed by atoms with Gasteiger partial charge in [0.25, 0.3) is 0 Å². The number of hydrogen-bond donors (Lipinski definition) is 0. The van der Waals surface area contributed by atoms with Gasteiger partial charge in [0.05, 0.1) is 17.4 Å². The van der Waals surface area contributed by atoms with E-state index >= 15 is 0 Å². The monoisotopic (exact) mass is 218 g/mol. The molecule has 3 nitrogen and oxygen atoms in total. The van der Waals surface area contributed by atoms with Crippen LogP contribution in [0.4, 0.5) is 4.39 Å². The number of halogens is 1. The van der Waals surface area contributed by atoms with Gasteiger partial charge in [-0.2, -0.15) is 5.10 Å². The first-order valence-electron chi connectivity index (χ1n) is 5.04. The molecule has 0 aliphatic rings. The summed E-state index contributed by atoms with van der Waals surface area (Å²) in [7, 11) is 0. The van der Waals surface area contributed by atoms with E-state index in [0.29, 0.717) is 12.0 Å². The van der Waals surface area contributed by atoms with Crippen molar-refractivity contribution in [3.05, 3.63) is 47.5 Å². The van der Waals surface area contributed by atoms with Crippen molar-refractivity contribution in [2.45, 2.75) is 13.3 Å². The van der Waals surface area contributed by atoms with E-state index in [9.17, 15) is 9.18 Å². The highest BCUT2D eigenvalue weighted by Gasteiger charge is 2.09. The van der Waals surface area contributed by atoms with Crippen molar-refractivity contribution in [3.8, 4) is 5.69 Å². The molecule has 82 valence electrons. The fourth-order valence-corrected chi connectivity index (χ4v) is 1.52. The topological polar surface area (TPSA) is 34.9 Å². The molecule has 0 amide bonds. The van der Waals surface area contributed by atoms with Crippen molar-refractivity contribution in [2.75, 3.05) is 0 Å². The van der Waals surface area contributed by atoms with Crippen LogP contribution >= 0.6 is 0 Å². The molecule has 0 bridgehead atoms. The molecular weight excluding hydrogens is 207 g/mol. The van der Waals surface area contributed by atoms with Crippen LogP contribution in [0, 0.1) is 5.82 Å². The van der Waals surface area contributed by atoms with Crippen LogP contribution in [0.2, 0.25) is 0 Å². The first-order chi connectivity index (χ1) is 7.76. The zero-order valence-corrected chi connectivity index (χ0v) is 8.85. The van der Waals surface area contributed by atoms with E-state index < -0.39 is 5.82 Å². The lowest BCUT2D eigenvalue weighted by Crippen LogP contribution is -2.01. The van der Waals surface area contributed by atoms with Gasteiger partial charge in [-0.1, -0.05) is 13.0 Å². The SMILES string of the molecule is CCc1cnn(-c2cccc(F)c2C=O)c1. The zero-order valence-electron chi connectivity index (χ0n) is 8.85. The van der Waals surface area contributed by atoms with Crippen LogP contribution in [0.1, 0.15) is 22.8 Å². The summed E-state index contributed by atoms with van der Waals surface area (Å²) in [5.41, 5.74) is 1.55. The van der Waals surface area contributed by atoms with E-state index in [4.69, 9.17) is 0 Å². The van der Waals surface area contributed by atoms with Gasteiger partial charge in [-0.05, 0) is 24.1 Å². The first kappa shape index (κ1) is 10.5. The van der Waals surface area contributed by atoms with E-state index in [1.54, 1.807) is 24.5 Å². The highest BCUT2D eigenvalue weighted by molar-refractivity contribution is 5.81. The molecule has 0 N–H and O–H groups in total. The van der Waals surface area contributed by atoms with E-state index in [-0.39, 0.29) is 5.56 Å². The van der Waals surface area contributed by atoms with Crippen LogP contribution in [0.5, 0.6) is 0 Å². The lowest BCUT2D eigenvalue weighted by atomic mass is 10.2. The standard InChI is InChI=1S/C12H11FN2O/c1-2-9-6-14-15(7-9)12-5-3-4-11(13)10(12)8-16/h3-8H,2H2,1H3. The molecule has 0 saturated carbocycles. The van der Waals surface area contributed by atoms with Gasteiger partial charge in [0.15, 0.2) is 6.29 Å². The average Bonchev–Trinajstić information content (AvgIpc) is 2.77. The lowest BCUT2D eigenvalue weighted by molar-refractivity contribution is 0.111. The number of carbonyl (C=O) groups is 1. The van der Waals surface area contributed by atoms with Gasteiger partial charge in [-0.15, -0.1) is 0 Å². The Morgan fingerprint density at radius 3 is 2.94 bits per heavy atom. The molecule has 0 fully saturated rings. The molecule has 0 radical (unpaired) electrons. The summed E-state index contributed by atoms with van der Waals surface area (Å²) in [6.07, 6.45) is 4.87. The summed E-state index contributed by atoms with van der Waals surface area (Å²) in [6.45, 7) is 2.01. The van der Waals surface area contributed by atoms with Gasteiger partial charge in [-0.3, -0.25) is 4.79 Å². The predicted molar refractivity (Wildman–Crippen MR) is 58.3 cm³/mol. The van der Waals surface area contributed by atoms with Crippen LogP contribution in [-0.4, -0.2) is 16.1 Å². The minimum atomic E-state index is -0.527. The maximum absolute atomic E-state index is 13.4. The largest absolute Gasteiger partial charge is 0.298 e.